The van der Waals surface area contributed by atoms with Crippen LogP contribution in [-0.2, 0) is 6.54 Å². The quantitative estimate of drug-likeness (QED) is 0.621. The number of rotatable bonds is 7. The van der Waals surface area contributed by atoms with Crippen LogP contribution in [0.1, 0.15) is 36.2 Å². The maximum Gasteiger partial charge on any atom is 0.329 e. The molecule has 1 atom stereocenters. The Balaban J connectivity index is 1.93. The van der Waals surface area contributed by atoms with Gasteiger partial charge in [-0.2, -0.15) is 0 Å². The first kappa shape index (κ1) is 21.2. The van der Waals surface area contributed by atoms with E-state index in [1.165, 1.54) is 14.2 Å². The zero-order valence-electron chi connectivity index (χ0n) is 17.4. The molecular formula is C22H25N3O5. The first-order chi connectivity index (χ1) is 14.4. The number of benzene rings is 2. The molecule has 0 fully saturated rings. The molecule has 0 radical (unpaired) electrons. The number of nitrogens with one attached hydrogen (secondary N) is 2. The minimum atomic E-state index is -0.529. The van der Waals surface area contributed by atoms with Crippen molar-refractivity contribution in [2.24, 2.45) is 0 Å². The summed E-state index contributed by atoms with van der Waals surface area (Å²) in [6, 6.07) is 10.0. The topological polar surface area (TPSA) is 102 Å². The summed E-state index contributed by atoms with van der Waals surface area (Å²) in [6.07, 6.45) is 0.841. The standard InChI is InChI=1S/C22H25N3O5/c1-5-13(2)23-20(26)15-8-6-14(7-9-15)12-25-21(27)16-10-18(29-3)19(30-4)11-17(16)24-22(25)28/h6-11,13H,5,12H2,1-4H3,(H,23,26)(H,24,28). The van der Waals surface area contributed by atoms with Gasteiger partial charge in [-0.1, -0.05) is 19.1 Å². The molecule has 0 aliphatic heterocycles. The second-order valence-corrected chi connectivity index (χ2v) is 7.05. The Hall–Kier alpha value is -3.55. The van der Waals surface area contributed by atoms with Crippen LogP contribution < -0.4 is 26.0 Å². The Morgan fingerprint density at radius 1 is 1.10 bits per heavy atom. The maximum atomic E-state index is 12.9. The summed E-state index contributed by atoms with van der Waals surface area (Å²) in [5.74, 6) is 0.666. The second-order valence-electron chi connectivity index (χ2n) is 7.05. The average molecular weight is 411 g/mol. The molecule has 1 unspecified atom stereocenters. The largest absolute Gasteiger partial charge is 0.493 e. The molecule has 2 N–H and O–H groups in total. The lowest BCUT2D eigenvalue weighted by atomic mass is 10.1. The van der Waals surface area contributed by atoms with Crippen LogP contribution in [0.5, 0.6) is 11.5 Å². The number of hydrogen-bond donors (Lipinski definition) is 2. The summed E-state index contributed by atoms with van der Waals surface area (Å²) in [6.45, 7) is 4.01. The van der Waals surface area contributed by atoms with Crippen molar-refractivity contribution in [2.75, 3.05) is 14.2 Å². The Morgan fingerprint density at radius 3 is 2.33 bits per heavy atom. The summed E-state index contributed by atoms with van der Waals surface area (Å²) in [5.41, 5.74) is 0.653. The van der Waals surface area contributed by atoms with Gasteiger partial charge in [0.25, 0.3) is 11.5 Å². The van der Waals surface area contributed by atoms with Crippen molar-refractivity contribution in [3.8, 4) is 11.5 Å². The van der Waals surface area contributed by atoms with Crippen LogP contribution in [-0.4, -0.2) is 35.7 Å². The molecule has 1 amide bonds. The van der Waals surface area contributed by atoms with Crippen molar-refractivity contribution in [1.82, 2.24) is 14.9 Å². The lowest BCUT2D eigenvalue weighted by Crippen LogP contribution is -2.35. The summed E-state index contributed by atoms with van der Waals surface area (Å²) in [5, 5.41) is 3.22. The molecule has 0 saturated carbocycles. The van der Waals surface area contributed by atoms with E-state index in [2.05, 4.69) is 10.3 Å². The van der Waals surface area contributed by atoms with Gasteiger partial charge in [-0.15, -0.1) is 0 Å². The van der Waals surface area contributed by atoms with E-state index in [1.54, 1.807) is 36.4 Å². The van der Waals surface area contributed by atoms with E-state index in [4.69, 9.17) is 9.47 Å². The van der Waals surface area contributed by atoms with Crippen molar-refractivity contribution >= 4 is 16.8 Å². The highest BCUT2D eigenvalue weighted by atomic mass is 16.5. The second kappa shape index (κ2) is 8.86. The predicted octanol–water partition coefficient (Wildman–Crippen LogP) is 2.28. The first-order valence-electron chi connectivity index (χ1n) is 9.66. The van der Waals surface area contributed by atoms with Crippen LogP contribution in [0.3, 0.4) is 0 Å². The minimum Gasteiger partial charge on any atom is -0.493 e. The van der Waals surface area contributed by atoms with Crippen molar-refractivity contribution in [1.29, 1.82) is 0 Å². The number of carbonyl (C=O) groups is 1. The molecule has 0 saturated heterocycles. The van der Waals surface area contributed by atoms with E-state index in [1.807, 2.05) is 13.8 Å². The molecule has 0 aliphatic carbocycles. The number of aromatic amines is 1. The third-order valence-corrected chi connectivity index (χ3v) is 5.03. The van der Waals surface area contributed by atoms with Crippen molar-refractivity contribution in [2.45, 2.75) is 32.9 Å². The molecule has 0 aliphatic rings. The predicted molar refractivity (Wildman–Crippen MR) is 115 cm³/mol. The number of nitrogens with zero attached hydrogens (tertiary/aromatic N) is 1. The average Bonchev–Trinajstić information content (AvgIpc) is 2.76. The number of ether oxygens (including phenoxy) is 2. The van der Waals surface area contributed by atoms with Gasteiger partial charge in [-0.25, -0.2) is 4.79 Å². The number of amides is 1. The number of H-pyrrole nitrogens is 1. The molecular weight excluding hydrogens is 386 g/mol. The molecule has 158 valence electrons. The number of aromatic nitrogens is 2. The lowest BCUT2D eigenvalue weighted by molar-refractivity contribution is 0.0939. The van der Waals surface area contributed by atoms with Crippen molar-refractivity contribution < 1.29 is 14.3 Å². The Morgan fingerprint density at radius 2 is 1.73 bits per heavy atom. The molecule has 3 rings (SSSR count). The van der Waals surface area contributed by atoms with Gasteiger partial charge in [-0.05, 0) is 37.1 Å². The summed E-state index contributed by atoms with van der Waals surface area (Å²) in [7, 11) is 2.96. The molecule has 0 bridgehead atoms. The SMILES string of the molecule is CCC(C)NC(=O)c1ccc(Cn2c(=O)[nH]c3cc(OC)c(OC)cc3c2=O)cc1. The normalized spacial score (nSPS) is 11.9. The summed E-state index contributed by atoms with van der Waals surface area (Å²) in [4.78, 5) is 40.4. The molecule has 8 heteroatoms. The first-order valence-corrected chi connectivity index (χ1v) is 9.66. The Kier molecular flexibility index (Phi) is 6.25. The monoisotopic (exact) mass is 411 g/mol. The van der Waals surface area contributed by atoms with E-state index in [9.17, 15) is 14.4 Å². The molecule has 2 aromatic carbocycles. The number of methoxy groups -OCH3 is 2. The van der Waals surface area contributed by atoms with Crippen LogP contribution in [0.2, 0.25) is 0 Å². The van der Waals surface area contributed by atoms with Gasteiger partial charge in [-0.3, -0.25) is 14.2 Å². The highest BCUT2D eigenvalue weighted by molar-refractivity contribution is 5.94. The molecule has 1 aromatic heterocycles. The summed E-state index contributed by atoms with van der Waals surface area (Å²) < 4.78 is 11.6. The fraction of sp³-hybridized carbons (Fsp3) is 0.318. The number of carbonyl (C=O) groups excluding carboxylic acids is 1. The van der Waals surface area contributed by atoms with Gasteiger partial charge in [0.15, 0.2) is 11.5 Å². The third-order valence-electron chi connectivity index (χ3n) is 5.03. The van der Waals surface area contributed by atoms with Crippen LogP contribution >= 0.6 is 0 Å². The van der Waals surface area contributed by atoms with Gasteiger partial charge in [0.2, 0.25) is 0 Å². The van der Waals surface area contributed by atoms with Crippen LogP contribution in [0.4, 0.5) is 0 Å². The zero-order chi connectivity index (χ0) is 21.8. The molecule has 3 aromatic rings. The van der Waals surface area contributed by atoms with Crippen molar-refractivity contribution in [3.05, 3.63) is 68.4 Å². The van der Waals surface area contributed by atoms with E-state index < -0.39 is 11.2 Å². The van der Waals surface area contributed by atoms with Gasteiger partial charge in [0.05, 0.1) is 31.7 Å². The van der Waals surface area contributed by atoms with Crippen LogP contribution in [0, 0.1) is 0 Å². The Bertz CT molecular complexity index is 1180. The van der Waals surface area contributed by atoms with E-state index >= 15 is 0 Å². The zero-order valence-corrected chi connectivity index (χ0v) is 17.4. The van der Waals surface area contributed by atoms with E-state index in [0.717, 1.165) is 16.6 Å². The molecule has 1 heterocycles. The van der Waals surface area contributed by atoms with Gasteiger partial charge in [0.1, 0.15) is 0 Å². The van der Waals surface area contributed by atoms with Gasteiger partial charge in [0, 0.05) is 17.7 Å². The fourth-order valence-electron chi connectivity index (χ4n) is 3.08. The number of fused-ring (bicyclic) bond motifs is 1. The third kappa shape index (κ3) is 4.22. The van der Waals surface area contributed by atoms with Gasteiger partial charge < -0.3 is 19.8 Å². The van der Waals surface area contributed by atoms with Crippen molar-refractivity contribution in [3.63, 3.8) is 0 Å². The lowest BCUT2D eigenvalue weighted by Gasteiger charge is -2.12. The van der Waals surface area contributed by atoms with Gasteiger partial charge >= 0.3 is 5.69 Å². The fourth-order valence-corrected chi connectivity index (χ4v) is 3.08. The molecule has 8 nitrogen and oxygen atoms in total. The van der Waals surface area contributed by atoms with E-state index in [-0.39, 0.29) is 18.5 Å². The van der Waals surface area contributed by atoms with Crippen LogP contribution in [0.15, 0.2) is 46.0 Å². The highest BCUT2D eigenvalue weighted by Crippen LogP contribution is 2.29. The molecule has 30 heavy (non-hydrogen) atoms. The Labute approximate surface area is 173 Å². The van der Waals surface area contributed by atoms with E-state index in [0.29, 0.717) is 28.0 Å². The maximum absolute atomic E-state index is 12.9. The number of hydrogen-bond acceptors (Lipinski definition) is 5. The van der Waals surface area contributed by atoms with Crippen LogP contribution in [0.25, 0.3) is 10.9 Å². The minimum absolute atomic E-state index is 0.0751. The smallest absolute Gasteiger partial charge is 0.329 e. The summed E-state index contributed by atoms with van der Waals surface area (Å²) >= 11 is 0. The highest BCUT2D eigenvalue weighted by Gasteiger charge is 2.14. The molecule has 0 spiro atoms.